The van der Waals surface area contributed by atoms with Crippen LogP contribution in [0, 0.1) is 0 Å². The molecule has 4 nitrogen and oxygen atoms in total. The maximum atomic E-state index is 12.9. The summed E-state index contributed by atoms with van der Waals surface area (Å²) in [5, 5.41) is 12.6. The molecular formula is C21H35NO3Si. The predicted molar refractivity (Wildman–Crippen MR) is 110 cm³/mol. The quantitative estimate of drug-likeness (QED) is 0.586. The number of carbonyl (C=O) groups is 1. The molecule has 0 aliphatic heterocycles. The molecule has 1 aliphatic carbocycles. The minimum atomic E-state index is -1.39. The molecule has 146 valence electrons. The highest BCUT2D eigenvalue weighted by molar-refractivity contribution is 6.88. The Morgan fingerprint density at radius 1 is 1.15 bits per heavy atom. The molecule has 1 atom stereocenters. The zero-order valence-corrected chi connectivity index (χ0v) is 18.0. The van der Waals surface area contributed by atoms with Gasteiger partial charge in [-0.2, -0.15) is 0 Å². The normalized spacial score (nSPS) is 18.6. The van der Waals surface area contributed by atoms with Gasteiger partial charge in [0.05, 0.1) is 13.7 Å². The summed E-state index contributed by atoms with van der Waals surface area (Å²) in [4.78, 5) is 14.9. The van der Waals surface area contributed by atoms with Crippen molar-refractivity contribution in [3.8, 4) is 0 Å². The third-order valence-corrected chi connectivity index (χ3v) is 7.45. The van der Waals surface area contributed by atoms with Gasteiger partial charge in [-0.3, -0.25) is 4.79 Å². The Labute approximate surface area is 159 Å². The van der Waals surface area contributed by atoms with E-state index >= 15 is 0 Å². The van der Waals surface area contributed by atoms with Gasteiger partial charge in [0.2, 0.25) is 0 Å². The van der Waals surface area contributed by atoms with Crippen molar-refractivity contribution in [1.29, 1.82) is 0 Å². The molecule has 1 aromatic rings. The smallest absolute Gasteiger partial charge is 0.316 e. The van der Waals surface area contributed by atoms with Crippen LogP contribution in [0.1, 0.15) is 43.6 Å². The van der Waals surface area contributed by atoms with Crippen LogP contribution in [0.2, 0.25) is 19.6 Å². The van der Waals surface area contributed by atoms with Gasteiger partial charge in [0, 0.05) is 6.54 Å². The molecule has 0 saturated heterocycles. The van der Waals surface area contributed by atoms with E-state index in [0.29, 0.717) is 26.0 Å². The number of nitrogens with zero attached hydrogens (tertiary/aromatic N) is 1. The van der Waals surface area contributed by atoms with E-state index in [1.54, 1.807) is 0 Å². The van der Waals surface area contributed by atoms with Crippen LogP contribution in [-0.4, -0.2) is 56.9 Å². The maximum absolute atomic E-state index is 12.9. The molecule has 2 rings (SSSR count). The lowest BCUT2D eigenvalue weighted by Crippen LogP contribution is -2.44. The number of hydrogen-bond donors (Lipinski definition) is 1. The highest BCUT2D eigenvalue weighted by atomic mass is 28.3. The van der Waals surface area contributed by atoms with Crippen LogP contribution in [0.4, 0.5) is 0 Å². The number of carbonyl (C=O) groups excluding carboxylic acids is 1. The van der Waals surface area contributed by atoms with Gasteiger partial charge in [0.1, 0.15) is 12.5 Å². The van der Waals surface area contributed by atoms with E-state index in [2.05, 4.69) is 31.8 Å². The van der Waals surface area contributed by atoms with Gasteiger partial charge in [-0.1, -0.05) is 68.4 Å². The zero-order valence-electron chi connectivity index (χ0n) is 17.0. The fraction of sp³-hybridized carbons (Fsp3) is 0.667. The van der Waals surface area contributed by atoms with Crippen molar-refractivity contribution in [2.75, 3.05) is 27.2 Å². The Morgan fingerprint density at radius 2 is 1.73 bits per heavy atom. The summed E-state index contributed by atoms with van der Waals surface area (Å²) < 4.78 is 5.55. The molecule has 1 aliphatic rings. The molecule has 0 heterocycles. The lowest BCUT2D eigenvalue weighted by atomic mass is 9.73. The van der Waals surface area contributed by atoms with Crippen LogP contribution in [0.15, 0.2) is 24.3 Å². The van der Waals surface area contributed by atoms with Gasteiger partial charge >= 0.3 is 5.97 Å². The average Bonchev–Trinajstić information content (AvgIpc) is 2.54. The SMILES string of the molecule is CN(C)CCOC(=O)C(c1ccc([Si](C)(C)C)cc1)C1(O)CCCCC1. The second kappa shape index (κ2) is 8.68. The topological polar surface area (TPSA) is 49.8 Å². The van der Waals surface area contributed by atoms with Crippen molar-refractivity contribution in [1.82, 2.24) is 4.90 Å². The third kappa shape index (κ3) is 5.41. The van der Waals surface area contributed by atoms with Crippen molar-refractivity contribution < 1.29 is 14.6 Å². The van der Waals surface area contributed by atoms with Crippen LogP contribution in [0.25, 0.3) is 0 Å². The molecule has 1 unspecified atom stereocenters. The Kier molecular flexibility index (Phi) is 7.05. The number of aliphatic hydroxyl groups is 1. The van der Waals surface area contributed by atoms with E-state index in [0.717, 1.165) is 24.8 Å². The first-order valence-corrected chi connectivity index (χ1v) is 13.3. The average molecular weight is 378 g/mol. The van der Waals surface area contributed by atoms with Crippen molar-refractivity contribution in [2.45, 2.75) is 63.3 Å². The summed E-state index contributed by atoms with van der Waals surface area (Å²) in [7, 11) is 2.51. The Balaban J connectivity index is 2.26. The summed E-state index contributed by atoms with van der Waals surface area (Å²) in [6, 6.07) is 8.32. The van der Waals surface area contributed by atoms with Gasteiger partial charge in [0.15, 0.2) is 0 Å². The molecule has 0 radical (unpaired) electrons. The molecule has 1 aromatic carbocycles. The van der Waals surface area contributed by atoms with Crippen molar-refractivity contribution in [2.24, 2.45) is 0 Å². The minimum absolute atomic E-state index is 0.294. The molecule has 26 heavy (non-hydrogen) atoms. The van der Waals surface area contributed by atoms with Crippen LogP contribution < -0.4 is 5.19 Å². The molecule has 0 spiro atoms. The fourth-order valence-corrected chi connectivity index (χ4v) is 4.87. The van der Waals surface area contributed by atoms with Gasteiger partial charge in [-0.05, 0) is 32.5 Å². The first kappa shape index (κ1) is 21.1. The van der Waals surface area contributed by atoms with Gasteiger partial charge < -0.3 is 14.7 Å². The Morgan fingerprint density at radius 3 is 2.23 bits per heavy atom. The van der Waals surface area contributed by atoms with Crippen molar-refractivity contribution in [3.05, 3.63) is 29.8 Å². The standard InChI is InChI=1S/C21H35NO3Si/c1-22(2)15-16-25-20(23)19(21(24)13-7-6-8-14-21)17-9-11-18(12-10-17)26(3,4)5/h9-12,19,24H,6-8,13-16H2,1-5H3. The second-order valence-corrected chi connectivity index (χ2v) is 14.0. The van der Waals surface area contributed by atoms with E-state index in [-0.39, 0.29) is 5.97 Å². The zero-order chi connectivity index (χ0) is 19.4. The molecular weight excluding hydrogens is 342 g/mol. The van der Waals surface area contributed by atoms with E-state index in [1.807, 2.05) is 31.1 Å². The summed E-state index contributed by atoms with van der Waals surface area (Å²) >= 11 is 0. The molecule has 5 heteroatoms. The second-order valence-electron chi connectivity index (χ2n) is 8.94. The van der Waals surface area contributed by atoms with Gasteiger partial charge in [-0.15, -0.1) is 0 Å². The summed E-state index contributed by atoms with van der Waals surface area (Å²) in [5.41, 5.74) is -0.111. The van der Waals surface area contributed by atoms with Crippen LogP contribution in [0.3, 0.4) is 0 Å². The Hall–Kier alpha value is -1.17. The van der Waals surface area contributed by atoms with E-state index in [4.69, 9.17) is 4.74 Å². The van der Waals surface area contributed by atoms with Crippen molar-refractivity contribution >= 4 is 19.2 Å². The number of ether oxygens (including phenoxy) is 1. The van der Waals surface area contributed by atoms with E-state index < -0.39 is 19.6 Å². The number of esters is 1. The highest BCUT2D eigenvalue weighted by Crippen LogP contribution is 2.40. The molecule has 1 saturated carbocycles. The molecule has 1 fully saturated rings. The fourth-order valence-electron chi connectivity index (χ4n) is 3.71. The lowest BCUT2D eigenvalue weighted by molar-refractivity contribution is -0.154. The summed E-state index contributed by atoms with van der Waals surface area (Å²) in [6.07, 6.45) is 4.38. The molecule has 0 aromatic heterocycles. The maximum Gasteiger partial charge on any atom is 0.316 e. The third-order valence-electron chi connectivity index (χ3n) is 5.39. The molecule has 0 bridgehead atoms. The van der Waals surface area contributed by atoms with E-state index in [1.165, 1.54) is 5.19 Å². The number of benzene rings is 1. The van der Waals surface area contributed by atoms with Crippen LogP contribution in [0.5, 0.6) is 0 Å². The Bertz CT molecular complexity index is 586. The molecule has 0 amide bonds. The van der Waals surface area contributed by atoms with Crippen LogP contribution >= 0.6 is 0 Å². The van der Waals surface area contributed by atoms with Crippen LogP contribution in [-0.2, 0) is 9.53 Å². The minimum Gasteiger partial charge on any atom is -0.464 e. The van der Waals surface area contributed by atoms with Crippen molar-refractivity contribution in [3.63, 3.8) is 0 Å². The largest absolute Gasteiger partial charge is 0.464 e. The molecule has 1 N–H and O–H groups in total. The first-order chi connectivity index (χ1) is 12.1. The number of rotatable bonds is 7. The highest BCUT2D eigenvalue weighted by Gasteiger charge is 2.44. The van der Waals surface area contributed by atoms with Gasteiger partial charge in [-0.25, -0.2) is 0 Å². The summed E-state index contributed by atoms with van der Waals surface area (Å²) in [5.74, 6) is -0.891. The van der Waals surface area contributed by atoms with Gasteiger partial charge in [0.25, 0.3) is 0 Å². The number of likely N-dealkylation sites (N-methyl/N-ethyl adjacent to an activating group) is 1. The van der Waals surface area contributed by atoms with E-state index in [9.17, 15) is 9.90 Å². The monoisotopic (exact) mass is 377 g/mol. The predicted octanol–water partition coefficient (Wildman–Crippen LogP) is 3.12. The lowest BCUT2D eigenvalue weighted by Gasteiger charge is -2.38. The number of hydrogen-bond acceptors (Lipinski definition) is 4. The summed E-state index contributed by atoms with van der Waals surface area (Å²) in [6.45, 7) is 7.97. The first-order valence-electron chi connectivity index (χ1n) is 9.78.